The minimum atomic E-state index is 0.609. The van der Waals surface area contributed by atoms with Crippen LogP contribution in [0.25, 0.3) is 0 Å². The third kappa shape index (κ3) is 3.14. The second-order valence-corrected chi connectivity index (χ2v) is 6.52. The van der Waals surface area contributed by atoms with Gasteiger partial charge in [0.15, 0.2) is 0 Å². The van der Waals surface area contributed by atoms with Crippen LogP contribution >= 0.6 is 0 Å². The summed E-state index contributed by atoms with van der Waals surface area (Å²) < 4.78 is 0. The van der Waals surface area contributed by atoms with E-state index in [9.17, 15) is 0 Å². The lowest BCUT2D eigenvalue weighted by molar-refractivity contribution is 0.338. The van der Waals surface area contributed by atoms with Crippen molar-refractivity contribution in [3.8, 4) is 0 Å². The maximum atomic E-state index is 3.63. The molecule has 0 amide bonds. The molecule has 0 radical (unpaired) electrons. The fourth-order valence-corrected chi connectivity index (χ4v) is 2.59. The van der Waals surface area contributed by atoms with Crippen molar-refractivity contribution in [1.82, 2.24) is 5.32 Å². The largest absolute Gasteiger partial charge is 0.312 e. The van der Waals surface area contributed by atoms with E-state index in [1.807, 2.05) is 0 Å². The van der Waals surface area contributed by atoms with Crippen LogP contribution < -0.4 is 5.32 Å². The molecule has 0 atom stereocenters. The van der Waals surface area contributed by atoms with E-state index < -0.39 is 0 Å². The monoisotopic (exact) mass is 245 g/mol. The summed E-state index contributed by atoms with van der Waals surface area (Å²) in [6.07, 6.45) is 2.81. The van der Waals surface area contributed by atoms with Gasteiger partial charge in [0.1, 0.15) is 0 Å². The highest BCUT2D eigenvalue weighted by atomic mass is 14.9. The molecule has 1 heteroatoms. The summed E-state index contributed by atoms with van der Waals surface area (Å²) in [6.45, 7) is 11.4. The third-order valence-electron chi connectivity index (χ3n) is 4.57. The molecule has 0 saturated heterocycles. The van der Waals surface area contributed by atoms with Crippen LogP contribution in [-0.4, -0.2) is 6.54 Å². The van der Waals surface area contributed by atoms with Gasteiger partial charge in [-0.3, -0.25) is 0 Å². The maximum absolute atomic E-state index is 3.63. The van der Waals surface area contributed by atoms with Gasteiger partial charge < -0.3 is 5.32 Å². The molecule has 100 valence electrons. The zero-order chi connectivity index (χ0) is 13.2. The first kappa shape index (κ1) is 13.6. The average molecular weight is 245 g/mol. The molecule has 0 unspecified atom stereocenters. The maximum Gasteiger partial charge on any atom is 0.0205 e. The molecule has 0 bridgehead atoms. The Labute approximate surface area is 112 Å². The van der Waals surface area contributed by atoms with Crippen molar-refractivity contribution in [3.63, 3.8) is 0 Å². The molecular formula is C17H27N. The van der Waals surface area contributed by atoms with Crippen molar-refractivity contribution in [2.75, 3.05) is 6.54 Å². The minimum Gasteiger partial charge on any atom is -0.312 e. The molecule has 1 N–H and O–H groups in total. The van der Waals surface area contributed by atoms with Crippen molar-refractivity contribution in [2.45, 2.75) is 53.0 Å². The highest BCUT2D eigenvalue weighted by Crippen LogP contribution is 2.51. The summed E-state index contributed by atoms with van der Waals surface area (Å²) in [7, 11) is 0. The van der Waals surface area contributed by atoms with Gasteiger partial charge in [0.05, 0.1) is 0 Å². The summed E-state index contributed by atoms with van der Waals surface area (Å²) >= 11 is 0. The smallest absolute Gasteiger partial charge is 0.0205 e. The van der Waals surface area contributed by atoms with E-state index in [0.717, 1.165) is 12.5 Å². The molecule has 1 aliphatic carbocycles. The molecule has 18 heavy (non-hydrogen) atoms. The molecule has 2 rings (SSSR count). The topological polar surface area (TPSA) is 12.0 Å². The first-order valence-electron chi connectivity index (χ1n) is 7.33. The first-order valence-corrected chi connectivity index (χ1v) is 7.33. The predicted octanol–water partition coefficient (Wildman–Crippen LogP) is 4.34. The fourth-order valence-electron chi connectivity index (χ4n) is 2.59. The summed E-state index contributed by atoms with van der Waals surface area (Å²) in [5.41, 5.74) is 3.44. The minimum absolute atomic E-state index is 0.609. The van der Waals surface area contributed by atoms with E-state index in [4.69, 9.17) is 0 Å². The van der Waals surface area contributed by atoms with Crippen molar-refractivity contribution in [3.05, 3.63) is 35.4 Å². The second-order valence-electron chi connectivity index (χ2n) is 6.52. The molecule has 0 aromatic heterocycles. The molecular weight excluding hydrogens is 218 g/mol. The van der Waals surface area contributed by atoms with Gasteiger partial charge in [-0.1, -0.05) is 52.0 Å². The predicted molar refractivity (Wildman–Crippen MR) is 78.7 cm³/mol. The second kappa shape index (κ2) is 5.44. The summed E-state index contributed by atoms with van der Waals surface area (Å²) in [5, 5.41) is 3.63. The van der Waals surface area contributed by atoms with E-state index in [-0.39, 0.29) is 0 Å². The van der Waals surface area contributed by atoms with Crippen LogP contribution in [-0.2, 0) is 6.54 Å². The number of hydrogen-bond acceptors (Lipinski definition) is 1. The zero-order valence-electron chi connectivity index (χ0n) is 12.3. The normalized spacial score (nSPS) is 17.4. The van der Waals surface area contributed by atoms with Crippen LogP contribution in [0.3, 0.4) is 0 Å². The molecule has 1 fully saturated rings. The SMILES string of the molecule is CC(C)c1ccc(CNCC2(C(C)C)CC2)cc1. The molecule has 1 saturated carbocycles. The lowest BCUT2D eigenvalue weighted by Gasteiger charge is -2.20. The van der Waals surface area contributed by atoms with Crippen LogP contribution in [0.4, 0.5) is 0 Å². The van der Waals surface area contributed by atoms with Crippen molar-refractivity contribution in [2.24, 2.45) is 11.3 Å². The first-order chi connectivity index (χ1) is 8.53. The van der Waals surface area contributed by atoms with Gasteiger partial charge >= 0.3 is 0 Å². The molecule has 1 aromatic carbocycles. The van der Waals surface area contributed by atoms with Crippen molar-refractivity contribution in [1.29, 1.82) is 0 Å². The van der Waals surface area contributed by atoms with Gasteiger partial charge in [-0.15, -0.1) is 0 Å². The van der Waals surface area contributed by atoms with Crippen LogP contribution in [0, 0.1) is 11.3 Å². The van der Waals surface area contributed by atoms with Gasteiger partial charge in [-0.05, 0) is 41.2 Å². The molecule has 1 aliphatic rings. The standard InChI is InChI=1S/C17H27N/c1-13(2)16-7-5-15(6-8-16)11-18-12-17(9-10-17)14(3)4/h5-8,13-14,18H,9-12H2,1-4H3. The Balaban J connectivity index is 1.80. The van der Waals surface area contributed by atoms with Crippen LogP contribution in [0.15, 0.2) is 24.3 Å². The Morgan fingerprint density at radius 1 is 1.06 bits per heavy atom. The summed E-state index contributed by atoms with van der Waals surface area (Å²) in [4.78, 5) is 0. The van der Waals surface area contributed by atoms with E-state index in [0.29, 0.717) is 11.3 Å². The Hall–Kier alpha value is -0.820. The quantitative estimate of drug-likeness (QED) is 0.786. The van der Waals surface area contributed by atoms with E-state index >= 15 is 0 Å². The van der Waals surface area contributed by atoms with Crippen LogP contribution in [0.2, 0.25) is 0 Å². The van der Waals surface area contributed by atoms with Gasteiger partial charge in [0, 0.05) is 13.1 Å². The lowest BCUT2D eigenvalue weighted by Crippen LogP contribution is -2.27. The molecule has 1 nitrogen and oxygen atoms in total. The Kier molecular flexibility index (Phi) is 4.11. The highest BCUT2D eigenvalue weighted by molar-refractivity contribution is 5.24. The molecule has 0 spiro atoms. The molecule has 0 heterocycles. The lowest BCUT2D eigenvalue weighted by atomic mass is 9.92. The van der Waals surface area contributed by atoms with Crippen molar-refractivity contribution < 1.29 is 0 Å². The molecule has 1 aromatic rings. The Morgan fingerprint density at radius 2 is 1.67 bits per heavy atom. The number of benzene rings is 1. The number of nitrogens with one attached hydrogen (secondary N) is 1. The van der Waals surface area contributed by atoms with E-state index in [1.54, 1.807) is 0 Å². The fraction of sp³-hybridized carbons (Fsp3) is 0.647. The zero-order valence-corrected chi connectivity index (χ0v) is 12.3. The van der Waals surface area contributed by atoms with Crippen LogP contribution in [0.1, 0.15) is 57.6 Å². The number of hydrogen-bond donors (Lipinski definition) is 1. The Morgan fingerprint density at radius 3 is 2.11 bits per heavy atom. The van der Waals surface area contributed by atoms with Crippen molar-refractivity contribution >= 4 is 0 Å². The van der Waals surface area contributed by atoms with Gasteiger partial charge in [-0.25, -0.2) is 0 Å². The van der Waals surface area contributed by atoms with Gasteiger partial charge in [0.25, 0.3) is 0 Å². The average Bonchev–Trinajstić information content (AvgIpc) is 3.11. The third-order valence-corrected chi connectivity index (χ3v) is 4.57. The molecule has 0 aliphatic heterocycles. The highest BCUT2D eigenvalue weighted by Gasteiger charge is 2.44. The number of rotatable bonds is 6. The van der Waals surface area contributed by atoms with Crippen LogP contribution in [0.5, 0.6) is 0 Å². The summed E-state index contributed by atoms with van der Waals surface area (Å²) in [5.74, 6) is 1.44. The van der Waals surface area contributed by atoms with E-state index in [1.165, 1.54) is 30.5 Å². The Bertz CT molecular complexity index is 371. The summed E-state index contributed by atoms with van der Waals surface area (Å²) in [6, 6.07) is 9.04. The van der Waals surface area contributed by atoms with Gasteiger partial charge in [-0.2, -0.15) is 0 Å². The van der Waals surface area contributed by atoms with Gasteiger partial charge in [0.2, 0.25) is 0 Å². The van der Waals surface area contributed by atoms with E-state index in [2.05, 4.69) is 57.3 Å².